The number of rotatable bonds is 2. The molecule has 17 heavy (non-hydrogen) atoms. The van der Waals surface area contributed by atoms with E-state index in [2.05, 4.69) is 11.8 Å². The van der Waals surface area contributed by atoms with Crippen molar-refractivity contribution in [1.82, 2.24) is 0 Å². The Balaban J connectivity index is 1.61. The van der Waals surface area contributed by atoms with Crippen LogP contribution in [0.2, 0.25) is 0 Å². The molecule has 0 aromatic heterocycles. The molecule has 0 aromatic carbocycles. The van der Waals surface area contributed by atoms with Crippen LogP contribution in [0.15, 0.2) is 0 Å². The molecule has 2 heterocycles. The molecule has 0 amide bonds. The Bertz CT molecular complexity index is 253. The van der Waals surface area contributed by atoms with Crippen LogP contribution in [0.5, 0.6) is 0 Å². The molecule has 3 rings (SSSR count). The van der Waals surface area contributed by atoms with Gasteiger partial charge in [0, 0.05) is 6.61 Å². The zero-order valence-electron chi connectivity index (χ0n) is 10.6. The van der Waals surface area contributed by atoms with Gasteiger partial charge in [0.1, 0.15) is 0 Å². The number of aliphatic hydroxyl groups is 1. The Morgan fingerprint density at radius 3 is 2.53 bits per heavy atom. The summed E-state index contributed by atoms with van der Waals surface area (Å²) in [4.78, 5) is 0. The van der Waals surface area contributed by atoms with E-state index in [0.717, 1.165) is 19.4 Å². The van der Waals surface area contributed by atoms with Gasteiger partial charge in [-0.25, -0.2) is 0 Å². The molecule has 0 bridgehead atoms. The van der Waals surface area contributed by atoms with Crippen molar-refractivity contribution in [2.45, 2.75) is 56.7 Å². The zero-order valence-corrected chi connectivity index (χ0v) is 11.4. The van der Waals surface area contributed by atoms with Crippen LogP contribution in [0.1, 0.15) is 44.9 Å². The predicted octanol–water partition coefficient (Wildman–Crippen LogP) is 2.84. The number of ether oxygens (including phenoxy) is 1. The molecule has 2 nitrogen and oxygen atoms in total. The minimum Gasteiger partial charge on any atom is -0.393 e. The SMILES string of the molecule is OC(C1CCC1)C1CCOC2(CCSCC2)C1. The van der Waals surface area contributed by atoms with Gasteiger partial charge in [-0.1, -0.05) is 6.42 Å². The van der Waals surface area contributed by atoms with Gasteiger partial charge >= 0.3 is 0 Å². The first-order chi connectivity index (χ1) is 8.29. The van der Waals surface area contributed by atoms with Crippen molar-refractivity contribution < 1.29 is 9.84 Å². The van der Waals surface area contributed by atoms with Crippen LogP contribution in [0, 0.1) is 11.8 Å². The molecule has 1 spiro atoms. The van der Waals surface area contributed by atoms with Crippen molar-refractivity contribution in [3.63, 3.8) is 0 Å². The third-order valence-electron chi connectivity index (χ3n) is 5.05. The lowest BCUT2D eigenvalue weighted by Gasteiger charge is -2.46. The lowest BCUT2D eigenvalue weighted by atomic mass is 9.71. The maximum absolute atomic E-state index is 10.4. The fourth-order valence-corrected chi connectivity index (χ4v) is 4.85. The first kappa shape index (κ1) is 12.3. The third kappa shape index (κ3) is 2.52. The monoisotopic (exact) mass is 256 g/mol. The van der Waals surface area contributed by atoms with Crippen LogP contribution < -0.4 is 0 Å². The highest BCUT2D eigenvalue weighted by molar-refractivity contribution is 7.99. The average Bonchev–Trinajstić information content (AvgIpc) is 2.28. The molecular weight excluding hydrogens is 232 g/mol. The summed E-state index contributed by atoms with van der Waals surface area (Å²) in [5.74, 6) is 3.60. The van der Waals surface area contributed by atoms with E-state index in [1.165, 1.54) is 43.6 Å². The molecule has 2 atom stereocenters. The second-order valence-corrected chi connectivity index (χ2v) is 7.30. The van der Waals surface area contributed by atoms with Crippen LogP contribution in [0.3, 0.4) is 0 Å². The molecule has 0 aromatic rings. The van der Waals surface area contributed by atoms with Gasteiger partial charge < -0.3 is 9.84 Å². The maximum atomic E-state index is 10.4. The van der Waals surface area contributed by atoms with Crippen molar-refractivity contribution in [3.8, 4) is 0 Å². The molecule has 2 aliphatic heterocycles. The van der Waals surface area contributed by atoms with Gasteiger partial charge in [0.05, 0.1) is 11.7 Å². The van der Waals surface area contributed by atoms with E-state index in [9.17, 15) is 5.11 Å². The van der Waals surface area contributed by atoms with Gasteiger partial charge in [-0.05, 0) is 61.9 Å². The number of hydrogen-bond donors (Lipinski definition) is 1. The normalized spacial score (nSPS) is 35.5. The van der Waals surface area contributed by atoms with E-state index in [-0.39, 0.29) is 11.7 Å². The van der Waals surface area contributed by atoms with E-state index >= 15 is 0 Å². The van der Waals surface area contributed by atoms with Crippen LogP contribution in [-0.4, -0.2) is 34.9 Å². The third-order valence-corrected chi connectivity index (χ3v) is 6.04. The molecule has 2 unspecified atom stereocenters. The summed E-state index contributed by atoms with van der Waals surface area (Å²) in [6.07, 6.45) is 8.38. The first-order valence-electron chi connectivity index (χ1n) is 7.19. The highest BCUT2D eigenvalue weighted by Gasteiger charge is 2.42. The van der Waals surface area contributed by atoms with E-state index in [1.807, 2.05) is 0 Å². The molecule has 3 aliphatic rings. The minimum atomic E-state index is -0.0425. The number of thioether (sulfide) groups is 1. The van der Waals surface area contributed by atoms with Crippen LogP contribution in [0.4, 0.5) is 0 Å². The summed E-state index contributed by atoms with van der Waals surface area (Å²) >= 11 is 2.05. The Hall–Kier alpha value is 0.270. The Morgan fingerprint density at radius 2 is 1.88 bits per heavy atom. The summed E-state index contributed by atoms with van der Waals surface area (Å²) < 4.78 is 6.09. The largest absolute Gasteiger partial charge is 0.393 e. The molecule has 3 fully saturated rings. The van der Waals surface area contributed by atoms with Gasteiger partial charge in [-0.2, -0.15) is 11.8 Å². The molecule has 1 N–H and O–H groups in total. The predicted molar refractivity (Wildman–Crippen MR) is 71.3 cm³/mol. The van der Waals surface area contributed by atoms with Gasteiger partial charge in [0.2, 0.25) is 0 Å². The van der Waals surface area contributed by atoms with E-state index in [1.54, 1.807) is 0 Å². The fraction of sp³-hybridized carbons (Fsp3) is 1.00. The van der Waals surface area contributed by atoms with Crippen molar-refractivity contribution in [3.05, 3.63) is 0 Å². The minimum absolute atomic E-state index is 0.0425. The van der Waals surface area contributed by atoms with E-state index in [0.29, 0.717) is 11.8 Å². The molecular formula is C14H24O2S. The number of hydrogen-bond acceptors (Lipinski definition) is 3. The van der Waals surface area contributed by atoms with E-state index in [4.69, 9.17) is 4.74 Å². The highest BCUT2D eigenvalue weighted by Crippen LogP contribution is 2.43. The second-order valence-electron chi connectivity index (χ2n) is 6.08. The van der Waals surface area contributed by atoms with Gasteiger partial charge in [-0.15, -0.1) is 0 Å². The van der Waals surface area contributed by atoms with Crippen molar-refractivity contribution in [1.29, 1.82) is 0 Å². The summed E-state index contributed by atoms with van der Waals surface area (Å²) in [6.45, 7) is 0.874. The van der Waals surface area contributed by atoms with Gasteiger partial charge in [0.25, 0.3) is 0 Å². The Kier molecular flexibility index (Phi) is 3.69. The van der Waals surface area contributed by atoms with Crippen LogP contribution in [0.25, 0.3) is 0 Å². The smallest absolute Gasteiger partial charge is 0.0701 e. The van der Waals surface area contributed by atoms with Crippen molar-refractivity contribution >= 4 is 11.8 Å². The molecule has 1 aliphatic carbocycles. The molecule has 98 valence electrons. The van der Waals surface area contributed by atoms with Crippen LogP contribution in [-0.2, 0) is 4.74 Å². The lowest BCUT2D eigenvalue weighted by Crippen LogP contribution is -2.47. The Morgan fingerprint density at radius 1 is 1.12 bits per heavy atom. The average molecular weight is 256 g/mol. The molecule has 1 saturated carbocycles. The van der Waals surface area contributed by atoms with Crippen molar-refractivity contribution in [2.24, 2.45) is 11.8 Å². The molecule has 2 saturated heterocycles. The Labute approximate surface area is 108 Å². The topological polar surface area (TPSA) is 29.5 Å². The lowest BCUT2D eigenvalue weighted by molar-refractivity contribution is -0.131. The summed E-state index contributed by atoms with van der Waals surface area (Å²) in [5, 5.41) is 10.4. The zero-order chi connectivity index (χ0) is 11.7. The van der Waals surface area contributed by atoms with E-state index < -0.39 is 0 Å². The quantitative estimate of drug-likeness (QED) is 0.824. The van der Waals surface area contributed by atoms with Crippen LogP contribution >= 0.6 is 11.8 Å². The second kappa shape index (κ2) is 5.10. The van der Waals surface area contributed by atoms with Gasteiger partial charge in [-0.3, -0.25) is 0 Å². The van der Waals surface area contributed by atoms with Gasteiger partial charge in [0.15, 0.2) is 0 Å². The summed E-state index contributed by atoms with van der Waals surface area (Å²) in [5.41, 5.74) is 0.138. The number of aliphatic hydroxyl groups excluding tert-OH is 1. The fourth-order valence-electron chi connectivity index (χ4n) is 3.62. The molecule has 0 radical (unpaired) electrons. The summed E-state index contributed by atoms with van der Waals surface area (Å²) in [7, 11) is 0. The maximum Gasteiger partial charge on any atom is 0.0701 e. The highest BCUT2D eigenvalue weighted by atomic mass is 32.2. The first-order valence-corrected chi connectivity index (χ1v) is 8.34. The van der Waals surface area contributed by atoms with Crippen molar-refractivity contribution in [2.75, 3.05) is 18.1 Å². The summed E-state index contributed by atoms with van der Waals surface area (Å²) in [6, 6.07) is 0. The standard InChI is InChI=1S/C14H24O2S/c15-13(11-2-1-3-11)12-4-7-16-14(10-12)5-8-17-9-6-14/h11-13,15H,1-10H2. The molecule has 3 heteroatoms.